The molecule has 0 aromatic heterocycles. The molecule has 7 nitrogen and oxygen atoms in total. The quantitative estimate of drug-likeness (QED) is 0.578. The van der Waals surface area contributed by atoms with E-state index < -0.39 is 20.0 Å². The van der Waals surface area contributed by atoms with Crippen LogP contribution in [0.2, 0.25) is 0 Å². The van der Waals surface area contributed by atoms with Gasteiger partial charge in [-0.05, 0) is 42.5 Å². The summed E-state index contributed by atoms with van der Waals surface area (Å²) in [7, 11) is -6.48. The maximum Gasteiger partial charge on any atom is 0.212 e. The lowest BCUT2D eigenvalue weighted by molar-refractivity contribution is 0.323. The normalized spacial score (nSPS) is 17.9. The molecule has 1 aliphatic carbocycles. The van der Waals surface area contributed by atoms with Gasteiger partial charge in [0.2, 0.25) is 20.0 Å². The molecule has 1 unspecified atom stereocenters. The van der Waals surface area contributed by atoms with E-state index >= 15 is 0 Å². The van der Waals surface area contributed by atoms with Gasteiger partial charge in [-0.1, -0.05) is 25.1 Å². The predicted molar refractivity (Wildman–Crippen MR) is 103 cm³/mol. The second-order valence-corrected chi connectivity index (χ2v) is 9.97. The highest BCUT2D eigenvalue weighted by atomic mass is 32.2. The summed E-state index contributed by atoms with van der Waals surface area (Å²) >= 11 is 0. The Hall–Kier alpha value is -1.42. The van der Waals surface area contributed by atoms with E-state index in [1.54, 1.807) is 12.1 Å². The van der Waals surface area contributed by atoms with Crippen LogP contribution in [-0.2, 0) is 20.0 Å². The Morgan fingerprint density at radius 2 is 1.85 bits per heavy atom. The highest BCUT2D eigenvalue weighted by molar-refractivity contribution is 7.89. The summed E-state index contributed by atoms with van der Waals surface area (Å²) < 4.78 is 56.7. The van der Waals surface area contributed by atoms with Crippen molar-refractivity contribution in [1.29, 1.82) is 0 Å². The monoisotopic (exact) mass is 402 g/mol. The van der Waals surface area contributed by atoms with Crippen molar-refractivity contribution in [1.82, 2.24) is 9.44 Å². The maximum atomic E-state index is 12.0. The van der Waals surface area contributed by atoms with Crippen molar-refractivity contribution in [2.75, 3.05) is 25.2 Å². The first-order valence-corrected chi connectivity index (χ1v) is 12.1. The summed E-state index contributed by atoms with van der Waals surface area (Å²) in [4.78, 5) is 0. The molecule has 0 bridgehead atoms. The first-order chi connectivity index (χ1) is 12.2. The Kier molecular flexibility index (Phi) is 7.22. The molecule has 0 radical (unpaired) electrons. The molecular formula is C17H26N2O5S2. The number of allylic oxidation sites excluding steroid dienone is 1. The first kappa shape index (κ1) is 20.9. The van der Waals surface area contributed by atoms with Gasteiger partial charge >= 0.3 is 0 Å². The molecular weight excluding hydrogens is 376 g/mol. The number of benzene rings is 1. The van der Waals surface area contributed by atoms with E-state index in [0.29, 0.717) is 12.2 Å². The largest absolute Gasteiger partial charge is 0.492 e. The zero-order valence-corrected chi connectivity index (χ0v) is 16.7. The molecule has 2 N–H and O–H groups in total. The second-order valence-electron chi connectivity index (χ2n) is 6.27. The molecule has 0 heterocycles. The third-order valence-corrected chi connectivity index (χ3v) is 6.23. The van der Waals surface area contributed by atoms with Gasteiger partial charge in [-0.3, -0.25) is 0 Å². The van der Waals surface area contributed by atoms with Gasteiger partial charge in [-0.25, -0.2) is 26.3 Å². The molecule has 0 saturated heterocycles. The fourth-order valence-electron chi connectivity index (χ4n) is 2.83. The summed E-state index contributed by atoms with van der Waals surface area (Å²) in [6.45, 7) is 2.27. The number of hydrogen-bond donors (Lipinski definition) is 2. The molecule has 0 spiro atoms. The third-order valence-electron chi connectivity index (χ3n) is 3.91. The number of sulfonamides is 2. The van der Waals surface area contributed by atoms with Gasteiger partial charge in [0.05, 0.1) is 12.0 Å². The minimum atomic E-state index is -3.26. The van der Waals surface area contributed by atoms with E-state index in [-0.39, 0.29) is 24.9 Å². The van der Waals surface area contributed by atoms with Crippen LogP contribution in [0.4, 0.5) is 0 Å². The van der Waals surface area contributed by atoms with Crippen molar-refractivity contribution < 1.29 is 21.6 Å². The van der Waals surface area contributed by atoms with Crippen LogP contribution in [-0.4, -0.2) is 48.0 Å². The SMILES string of the molecule is CCCS(=O)(=O)NC1CCC=C1c1ccc(OCCNS(C)(=O)=O)cc1. The van der Waals surface area contributed by atoms with Crippen LogP contribution in [0, 0.1) is 0 Å². The van der Waals surface area contributed by atoms with Crippen LogP contribution in [0.25, 0.3) is 5.57 Å². The van der Waals surface area contributed by atoms with Crippen LogP contribution in [0.15, 0.2) is 30.3 Å². The highest BCUT2D eigenvalue weighted by Crippen LogP contribution is 2.30. The number of rotatable bonds is 10. The summed E-state index contributed by atoms with van der Waals surface area (Å²) in [6, 6.07) is 7.17. The molecule has 1 aromatic carbocycles. The molecule has 1 atom stereocenters. The predicted octanol–water partition coefficient (Wildman–Crippen LogP) is 1.49. The van der Waals surface area contributed by atoms with Gasteiger partial charge in [-0.15, -0.1) is 0 Å². The van der Waals surface area contributed by atoms with Crippen molar-refractivity contribution in [3.05, 3.63) is 35.9 Å². The van der Waals surface area contributed by atoms with Crippen molar-refractivity contribution in [3.63, 3.8) is 0 Å². The molecule has 146 valence electrons. The van der Waals surface area contributed by atoms with Gasteiger partial charge in [0.25, 0.3) is 0 Å². The minimum absolute atomic E-state index is 0.130. The lowest BCUT2D eigenvalue weighted by Gasteiger charge is -2.17. The lowest BCUT2D eigenvalue weighted by atomic mass is 10.0. The molecule has 1 aromatic rings. The van der Waals surface area contributed by atoms with Crippen LogP contribution in [0.5, 0.6) is 5.75 Å². The van der Waals surface area contributed by atoms with Crippen LogP contribution >= 0.6 is 0 Å². The number of ether oxygens (including phenoxy) is 1. The van der Waals surface area contributed by atoms with E-state index in [2.05, 4.69) is 15.5 Å². The third kappa shape index (κ3) is 6.71. The second kappa shape index (κ2) is 8.98. The van der Waals surface area contributed by atoms with Gasteiger partial charge in [0.1, 0.15) is 12.4 Å². The molecule has 0 saturated carbocycles. The van der Waals surface area contributed by atoms with E-state index in [1.165, 1.54) is 0 Å². The van der Waals surface area contributed by atoms with E-state index in [4.69, 9.17) is 4.74 Å². The molecule has 0 aliphatic heterocycles. The lowest BCUT2D eigenvalue weighted by Crippen LogP contribution is -2.35. The smallest absolute Gasteiger partial charge is 0.212 e. The van der Waals surface area contributed by atoms with Gasteiger partial charge in [0, 0.05) is 12.6 Å². The molecule has 2 rings (SSSR count). The topological polar surface area (TPSA) is 102 Å². The zero-order valence-electron chi connectivity index (χ0n) is 15.1. The van der Waals surface area contributed by atoms with Crippen molar-refractivity contribution in [2.24, 2.45) is 0 Å². The van der Waals surface area contributed by atoms with Crippen LogP contribution < -0.4 is 14.2 Å². The average Bonchev–Trinajstić information content (AvgIpc) is 2.98. The number of hydrogen-bond acceptors (Lipinski definition) is 5. The molecule has 9 heteroatoms. The Morgan fingerprint density at radius 1 is 1.15 bits per heavy atom. The Labute approximate surface area is 155 Å². The van der Waals surface area contributed by atoms with E-state index in [9.17, 15) is 16.8 Å². The fraction of sp³-hybridized carbons (Fsp3) is 0.529. The molecule has 26 heavy (non-hydrogen) atoms. The summed E-state index contributed by atoms with van der Waals surface area (Å²) in [5.74, 6) is 0.760. The zero-order chi connectivity index (χ0) is 19.2. The summed E-state index contributed by atoms with van der Waals surface area (Å²) in [6.07, 6.45) is 5.34. The van der Waals surface area contributed by atoms with E-state index in [0.717, 1.165) is 30.2 Å². The van der Waals surface area contributed by atoms with Gasteiger partial charge in [-0.2, -0.15) is 0 Å². The average molecular weight is 403 g/mol. The van der Waals surface area contributed by atoms with E-state index in [1.807, 2.05) is 19.1 Å². The van der Waals surface area contributed by atoms with Crippen molar-refractivity contribution in [2.45, 2.75) is 32.2 Å². The highest BCUT2D eigenvalue weighted by Gasteiger charge is 2.24. The van der Waals surface area contributed by atoms with Gasteiger partial charge < -0.3 is 4.74 Å². The Morgan fingerprint density at radius 3 is 2.46 bits per heavy atom. The number of nitrogens with one attached hydrogen (secondary N) is 2. The standard InChI is InChI=1S/C17H26N2O5S2/c1-3-13-26(22,23)19-17-6-4-5-16(17)14-7-9-15(10-8-14)24-12-11-18-25(2,20)21/h5,7-10,17-19H,3-4,6,11-13H2,1-2H3. The van der Waals surface area contributed by atoms with Crippen LogP contribution in [0.3, 0.4) is 0 Å². The first-order valence-electron chi connectivity index (χ1n) is 8.58. The summed E-state index contributed by atoms with van der Waals surface area (Å²) in [5.41, 5.74) is 1.93. The maximum absolute atomic E-state index is 12.0. The van der Waals surface area contributed by atoms with Gasteiger partial charge in [0.15, 0.2) is 0 Å². The van der Waals surface area contributed by atoms with Crippen LogP contribution in [0.1, 0.15) is 31.7 Å². The Balaban J connectivity index is 1.94. The fourth-order valence-corrected chi connectivity index (χ4v) is 4.62. The molecule has 1 aliphatic rings. The molecule has 0 fully saturated rings. The molecule has 0 amide bonds. The summed E-state index contributed by atoms with van der Waals surface area (Å²) in [5, 5.41) is 0. The Bertz CT molecular complexity index is 830. The van der Waals surface area contributed by atoms with Crippen molar-refractivity contribution >= 4 is 25.6 Å². The minimum Gasteiger partial charge on any atom is -0.492 e. The van der Waals surface area contributed by atoms with Crippen molar-refractivity contribution in [3.8, 4) is 5.75 Å².